The van der Waals surface area contributed by atoms with Crippen LogP contribution in [-0.4, -0.2) is 23.1 Å². The molecule has 6 heteroatoms. The van der Waals surface area contributed by atoms with E-state index >= 15 is 0 Å². The van der Waals surface area contributed by atoms with E-state index in [1.807, 2.05) is 19.9 Å². The van der Waals surface area contributed by atoms with E-state index in [2.05, 4.69) is 10.6 Å². The zero-order valence-corrected chi connectivity index (χ0v) is 13.8. The molecule has 0 aromatic carbocycles. The summed E-state index contributed by atoms with van der Waals surface area (Å²) in [7, 11) is 0. The van der Waals surface area contributed by atoms with Crippen molar-refractivity contribution in [3.8, 4) is 0 Å². The van der Waals surface area contributed by atoms with Crippen LogP contribution in [0.2, 0.25) is 0 Å². The monoisotopic (exact) mass is 308 g/mol. The first kappa shape index (κ1) is 16.4. The van der Waals surface area contributed by atoms with Crippen molar-refractivity contribution in [3.63, 3.8) is 0 Å². The third-order valence-electron chi connectivity index (χ3n) is 3.51. The molecule has 0 radical (unpaired) electrons. The van der Waals surface area contributed by atoms with Crippen LogP contribution in [0.5, 0.6) is 0 Å². The van der Waals surface area contributed by atoms with Crippen LogP contribution in [0.1, 0.15) is 50.7 Å². The molecule has 1 aromatic heterocycles. The lowest BCUT2D eigenvalue weighted by Crippen LogP contribution is -2.50. The van der Waals surface area contributed by atoms with E-state index in [1.165, 1.54) is 0 Å². The highest BCUT2D eigenvalue weighted by atomic mass is 16.6. The molecular formula is C16H24N2O4. The molecule has 2 N–H and O–H groups in total. The summed E-state index contributed by atoms with van der Waals surface area (Å²) in [5.74, 6) is 1.43. The summed E-state index contributed by atoms with van der Waals surface area (Å²) in [6.07, 6.45) is 0.693. The first-order valence-electron chi connectivity index (χ1n) is 7.47. The van der Waals surface area contributed by atoms with E-state index in [9.17, 15) is 9.59 Å². The van der Waals surface area contributed by atoms with Crippen molar-refractivity contribution in [3.05, 3.63) is 23.2 Å². The Balaban J connectivity index is 1.89. The lowest BCUT2D eigenvalue weighted by atomic mass is 10.2. The molecule has 6 nitrogen and oxygen atoms in total. The number of furan rings is 1. The molecule has 1 aliphatic carbocycles. The zero-order chi connectivity index (χ0) is 16.5. The van der Waals surface area contributed by atoms with Crippen LogP contribution in [0.25, 0.3) is 0 Å². The topological polar surface area (TPSA) is 80.6 Å². The molecule has 0 bridgehead atoms. The second-order valence-electron chi connectivity index (χ2n) is 6.83. The van der Waals surface area contributed by atoms with Gasteiger partial charge < -0.3 is 19.8 Å². The van der Waals surface area contributed by atoms with Gasteiger partial charge >= 0.3 is 6.09 Å². The SMILES string of the molecule is Cc1cc(CNC(=O)C2(NC(=O)OC(C)(C)C)CC2)c(C)o1. The van der Waals surface area contributed by atoms with Crippen LogP contribution in [0, 0.1) is 13.8 Å². The molecule has 1 saturated carbocycles. The van der Waals surface area contributed by atoms with E-state index in [-0.39, 0.29) is 5.91 Å². The van der Waals surface area contributed by atoms with Crippen molar-refractivity contribution >= 4 is 12.0 Å². The minimum absolute atomic E-state index is 0.184. The Morgan fingerprint density at radius 3 is 2.41 bits per heavy atom. The Labute approximate surface area is 130 Å². The van der Waals surface area contributed by atoms with Crippen LogP contribution in [0.3, 0.4) is 0 Å². The largest absolute Gasteiger partial charge is 0.466 e. The van der Waals surface area contributed by atoms with E-state index in [0.29, 0.717) is 19.4 Å². The van der Waals surface area contributed by atoms with Crippen molar-refractivity contribution in [1.82, 2.24) is 10.6 Å². The normalized spacial score (nSPS) is 16.0. The highest BCUT2D eigenvalue weighted by molar-refractivity contribution is 5.92. The van der Waals surface area contributed by atoms with Crippen molar-refractivity contribution in [2.24, 2.45) is 0 Å². The summed E-state index contributed by atoms with van der Waals surface area (Å²) in [5, 5.41) is 5.54. The number of alkyl carbamates (subject to hydrolysis) is 1. The minimum Gasteiger partial charge on any atom is -0.466 e. The van der Waals surface area contributed by atoms with Gasteiger partial charge in [0.1, 0.15) is 22.7 Å². The summed E-state index contributed by atoms with van der Waals surface area (Å²) in [4.78, 5) is 24.1. The number of hydrogen-bond donors (Lipinski definition) is 2. The third kappa shape index (κ3) is 4.02. The fourth-order valence-electron chi connectivity index (χ4n) is 2.24. The molecule has 0 saturated heterocycles. The number of carbonyl (C=O) groups excluding carboxylic acids is 2. The summed E-state index contributed by atoms with van der Waals surface area (Å²) in [6.45, 7) is 9.48. The van der Waals surface area contributed by atoms with Crippen molar-refractivity contribution in [1.29, 1.82) is 0 Å². The lowest BCUT2D eigenvalue weighted by Gasteiger charge is -2.23. The molecule has 1 fully saturated rings. The molecule has 0 atom stereocenters. The van der Waals surface area contributed by atoms with Gasteiger partial charge in [0.25, 0.3) is 0 Å². The van der Waals surface area contributed by atoms with Crippen molar-refractivity contribution < 1.29 is 18.7 Å². The third-order valence-corrected chi connectivity index (χ3v) is 3.51. The van der Waals surface area contributed by atoms with Crippen LogP contribution < -0.4 is 10.6 Å². The molecule has 1 aromatic rings. The van der Waals surface area contributed by atoms with Crippen LogP contribution >= 0.6 is 0 Å². The van der Waals surface area contributed by atoms with Gasteiger partial charge in [0.05, 0.1) is 0 Å². The average molecular weight is 308 g/mol. The van der Waals surface area contributed by atoms with Gasteiger partial charge in [-0.1, -0.05) is 0 Å². The number of ether oxygens (including phenoxy) is 1. The van der Waals surface area contributed by atoms with Gasteiger partial charge in [0.2, 0.25) is 5.91 Å². The molecule has 1 heterocycles. The predicted octanol–water partition coefficient (Wildman–Crippen LogP) is 2.57. The van der Waals surface area contributed by atoms with Crippen LogP contribution in [-0.2, 0) is 16.1 Å². The second kappa shape index (κ2) is 5.66. The van der Waals surface area contributed by atoms with Crippen molar-refractivity contribution in [2.45, 2.75) is 65.1 Å². The first-order chi connectivity index (χ1) is 10.1. The van der Waals surface area contributed by atoms with E-state index < -0.39 is 17.2 Å². The Bertz CT molecular complexity index is 579. The Kier molecular flexibility index (Phi) is 4.22. The van der Waals surface area contributed by atoms with Crippen LogP contribution in [0.4, 0.5) is 4.79 Å². The van der Waals surface area contributed by atoms with Gasteiger partial charge in [-0.25, -0.2) is 4.79 Å². The smallest absolute Gasteiger partial charge is 0.408 e. The summed E-state index contributed by atoms with van der Waals surface area (Å²) >= 11 is 0. The number of carbonyl (C=O) groups is 2. The maximum absolute atomic E-state index is 12.3. The molecule has 22 heavy (non-hydrogen) atoms. The molecule has 2 amide bonds. The van der Waals surface area contributed by atoms with Gasteiger partial charge in [-0.15, -0.1) is 0 Å². The highest BCUT2D eigenvalue weighted by Crippen LogP contribution is 2.36. The number of amides is 2. The fourth-order valence-corrected chi connectivity index (χ4v) is 2.24. The maximum atomic E-state index is 12.3. The van der Waals surface area contributed by atoms with Gasteiger partial charge in [-0.2, -0.15) is 0 Å². The molecule has 2 rings (SSSR count). The molecule has 0 unspecified atom stereocenters. The predicted molar refractivity (Wildman–Crippen MR) is 81.4 cm³/mol. The van der Waals surface area contributed by atoms with Crippen molar-refractivity contribution in [2.75, 3.05) is 0 Å². The zero-order valence-electron chi connectivity index (χ0n) is 13.8. The summed E-state index contributed by atoms with van der Waals surface area (Å²) in [5.41, 5.74) is -0.462. The average Bonchev–Trinajstić information content (AvgIpc) is 3.04. The highest BCUT2D eigenvalue weighted by Gasteiger charge is 2.51. The van der Waals surface area contributed by atoms with E-state index in [0.717, 1.165) is 17.1 Å². The molecule has 1 aliphatic rings. The van der Waals surface area contributed by atoms with Gasteiger partial charge in [0, 0.05) is 12.1 Å². The molecule has 0 spiro atoms. The quantitative estimate of drug-likeness (QED) is 0.896. The van der Waals surface area contributed by atoms with Gasteiger partial charge in [0.15, 0.2) is 0 Å². The number of aryl methyl sites for hydroxylation is 2. The van der Waals surface area contributed by atoms with E-state index in [4.69, 9.17) is 9.15 Å². The van der Waals surface area contributed by atoms with Gasteiger partial charge in [-0.05, 0) is 53.5 Å². The Morgan fingerprint density at radius 2 is 1.95 bits per heavy atom. The number of rotatable bonds is 4. The standard InChI is InChI=1S/C16H24N2O4/c1-10-8-12(11(2)21-10)9-17-13(19)16(6-7-16)18-14(20)22-15(3,4)5/h8H,6-7,9H2,1-5H3,(H,17,19)(H,18,20). The summed E-state index contributed by atoms with van der Waals surface area (Å²) in [6, 6.07) is 1.90. The van der Waals surface area contributed by atoms with Gasteiger partial charge in [-0.3, -0.25) is 4.79 Å². The Hall–Kier alpha value is -1.98. The number of nitrogens with one attached hydrogen (secondary N) is 2. The molecular weight excluding hydrogens is 284 g/mol. The summed E-state index contributed by atoms with van der Waals surface area (Å²) < 4.78 is 10.6. The Morgan fingerprint density at radius 1 is 1.32 bits per heavy atom. The lowest BCUT2D eigenvalue weighted by molar-refractivity contribution is -0.124. The number of hydrogen-bond acceptors (Lipinski definition) is 4. The van der Waals surface area contributed by atoms with Crippen LogP contribution in [0.15, 0.2) is 10.5 Å². The fraction of sp³-hybridized carbons (Fsp3) is 0.625. The van der Waals surface area contributed by atoms with E-state index in [1.54, 1.807) is 20.8 Å². The first-order valence-corrected chi connectivity index (χ1v) is 7.47. The minimum atomic E-state index is -0.824. The maximum Gasteiger partial charge on any atom is 0.408 e. The molecule has 122 valence electrons. The molecule has 0 aliphatic heterocycles. The second-order valence-corrected chi connectivity index (χ2v) is 6.83.